The molecule has 4 rings (SSSR count). The molecule has 134 valence electrons. The minimum Gasteiger partial charge on any atom is -0.371 e. The van der Waals surface area contributed by atoms with Crippen molar-refractivity contribution in [3.8, 4) is 11.3 Å². The molecule has 0 unspecified atom stereocenters. The lowest BCUT2D eigenvalue weighted by atomic mass is 10.1. The first kappa shape index (κ1) is 16.7. The third-order valence-electron chi connectivity index (χ3n) is 5.04. The van der Waals surface area contributed by atoms with Crippen molar-refractivity contribution in [2.24, 2.45) is 0 Å². The first-order chi connectivity index (χ1) is 12.8. The Bertz CT molecular complexity index is 884. The predicted molar refractivity (Wildman–Crippen MR) is 107 cm³/mol. The van der Waals surface area contributed by atoms with Crippen molar-refractivity contribution in [3.63, 3.8) is 0 Å². The second kappa shape index (κ2) is 7.25. The van der Waals surface area contributed by atoms with E-state index in [-0.39, 0.29) is 0 Å². The first-order valence-electron chi connectivity index (χ1n) is 9.15. The summed E-state index contributed by atoms with van der Waals surface area (Å²) >= 11 is 0. The van der Waals surface area contributed by atoms with E-state index in [1.807, 2.05) is 13.1 Å². The maximum absolute atomic E-state index is 4.72. The number of benzene rings is 1. The third-order valence-corrected chi connectivity index (χ3v) is 5.04. The van der Waals surface area contributed by atoms with Crippen LogP contribution >= 0.6 is 0 Å². The Morgan fingerprint density at radius 3 is 2.42 bits per heavy atom. The standard InChI is InChI=1S/C20H24N6/c1-3-25-10-12-26(13-11-25)16-6-4-15(5-7-16)17-14-18-19(20(21-2)24-17)23-9-8-22-18/h4-9,14H,3,10-13H2,1-2H3,(H,21,24). The normalized spacial score (nSPS) is 15.4. The second-order valence-electron chi connectivity index (χ2n) is 6.50. The number of nitrogens with one attached hydrogen (secondary N) is 1. The van der Waals surface area contributed by atoms with E-state index in [0.29, 0.717) is 0 Å². The van der Waals surface area contributed by atoms with Crippen LogP contribution in [0.25, 0.3) is 22.3 Å². The summed E-state index contributed by atoms with van der Waals surface area (Å²) < 4.78 is 0. The number of pyridine rings is 1. The van der Waals surface area contributed by atoms with E-state index in [1.54, 1.807) is 12.4 Å². The minimum absolute atomic E-state index is 0.755. The van der Waals surface area contributed by atoms with E-state index in [1.165, 1.54) is 5.69 Å². The quantitative estimate of drug-likeness (QED) is 0.782. The Morgan fingerprint density at radius 2 is 1.73 bits per heavy atom. The summed E-state index contributed by atoms with van der Waals surface area (Å²) in [6.45, 7) is 7.80. The molecular weight excluding hydrogens is 324 g/mol. The Balaban J connectivity index is 1.60. The highest BCUT2D eigenvalue weighted by molar-refractivity contribution is 5.88. The average molecular weight is 348 g/mol. The molecule has 1 fully saturated rings. The van der Waals surface area contributed by atoms with Gasteiger partial charge in [-0.15, -0.1) is 0 Å². The lowest BCUT2D eigenvalue weighted by Crippen LogP contribution is -2.46. The van der Waals surface area contributed by atoms with Crippen LogP contribution in [0.15, 0.2) is 42.7 Å². The molecule has 1 aliphatic heterocycles. The van der Waals surface area contributed by atoms with Crippen LogP contribution in [0.4, 0.5) is 11.5 Å². The summed E-state index contributed by atoms with van der Waals surface area (Å²) in [5, 5.41) is 3.13. The Labute approximate surface area is 153 Å². The van der Waals surface area contributed by atoms with Crippen molar-refractivity contribution in [2.75, 3.05) is 50.0 Å². The molecule has 0 saturated carbocycles. The lowest BCUT2D eigenvalue weighted by Gasteiger charge is -2.35. The van der Waals surface area contributed by atoms with Gasteiger partial charge in [0.15, 0.2) is 5.82 Å². The fraction of sp³-hybridized carbons (Fsp3) is 0.350. The molecule has 0 atom stereocenters. The molecule has 0 aliphatic carbocycles. The summed E-state index contributed by atoms with van der Waals surface area (Å²) in [5.41, 5.74) is 4.92. The van der Waals surface area contributed by atoms with E-state index in [0.717, 1.165) is 60.8 Å². The Morgan fingerprint density at radius 1 is 1.00 bits per heavy atom. The zero-order valence-corrected chi connectivity index (χ0v) is 15.3. The summed E-state index contributed by atoms with van der Waals surface area (Å²) in [6, 6.07) is 10.7. The zero-order valence-electron chi connectivity index (χ0n) is 15.3. The van der Waals surface area contributed by atoms with Crippen molar-refractivity contribution >= 4 is 22.5 Å². The molecule has 3 heterocycles. The van der Waals surface area contributed by atoms with Gasteiger partial charge in [0.1, 0.15) is 5.52 Å². The van der Waals surface area contributed by atoms with E-state index in [9.17, 15) is 0 Å². The number of hydrogen-bond acceptors (Lipinski definition) is 6. The van der Waals surface area contributed by atoms with Crippen LogP contribution in [0, 0.1) is 0 Å². The lowest BCUT2D eigenvalue weighted by molar-refractivity contribution is 0.271. The molecule has 0 amide bonds. The van der Waals surface area contributed by atoms with Crippen molar-refractivity contribution in [3.05, 3.63) is 42.7 Å². The van der Waals surface area contributed by atoms with Gasteiger partial charge in [-0.3, -0.25) is 4.98 Å². The van der Waals surface area contributed by atoms with Gasteiger partial charge in [0.25, 0.3) is 0 Å². The van der Waals surface area contributed by atoms with E-state index in [4.69, 9.17) is 4.98 Å². The molecule has 0 radical (unpaired) electrons. The van der Waals surface area contributed by atoms with Crippen molar-refractivity contribution in [1.82, 2.24) is 19.9 Å². The topological polar surface area (TPSA) is 57.2 Å². The van der Waals surface area contributed by atoms with Gasteiger partial charge in [0, 0.05) is 56.9 Å². The molecule has 2 aromatic heterocycles. The molecule has 1 N–H and O–H groups in total. The maximum Gasteiger partial charge on any atom is 0.154 e. The fourth-order valence-corrected chi connectivity index (χ4v) is 3.46. The summed E-state index contributed by atoms with van der Waals surface area (Å²) in [6.07, 6.45) is 3.40. The van der Waals surface area contributed by atoms with Crippen LogP contribution in [0.2, 0.25) is 0 Å². The average Bonchev–Trinajstić information content (AvgIpc) is 2.73. The second-order valence-corrected chi connectivity index (χ2v) is 6.50. The van der Waals surface area contributed by atoms with Gasteiger partial charge >= 0.3 is 0 Å². The molecule has 6 nitrogen and oxygen atoms in total. The van der Waals surface area contributed by atoms with Crippen LogP contribution in [-0.2, 0) is 0 Å². The number of fused-ring (bicyclic) bond motifs is 1. The molecule has 0 bridgehead atoms. The van der Waals surface area contributed by atoms with Gasteiger partial charge in [-0.25, -0.2) is 9.97 Å². The van der Waals surface area contributed by atoms with Gasteiger partial charge in [-0.1, -0.05) is 19.1 Å². The number of aromatic nitrogens is 3. The highest BCUT2D eigenvalue weighted by Gasteiger charge is 2.16. The van der Waals surface area contributed by atoms with Crippen LogP contribution in [0.3, 0.4) is 0 Å². The predicted octanol–water partition coefficient (Wildman–Crippen LogP) is 2.88. The summed E-state index contributed by atoms with van der Waals surface area (Å²) in [4.78, 5) is 18.5. The van der Waals surface area contributed by atoms with Gasteiger partial charge < -0.3 is 15.1 Å². The number of nitrogens with zero attached hydrogens (tertiary/aromatic N) is 5. The molecule has 0 spiro atoms. The Hall–Kier alpha value is -2.73. The van der Waals surface area contributed by atoms with Crippen LogP contribution in [-0.4, -0.2) is 59.6 Å². The number of piperazine rings is 1. The third kappa shape index (κ3) is 3.20. The van der Waals surface area contributed by atoms with E-state index < -0.39 is 0 Å². The van der Waals surface area contributed by atoms with Crippen LogP contribution in [0.5, 0.6) is 0 Å². The summed E-state index contributed by atoms with van der Waals surface area (Å²) in [7, 11) is 1.86. The first-order valence-corrected chi connectivity index (χ1v) is 9.15. The highest BCUT2D eigenvalue weighted by atomic mass is 15.3. The molecule has 1 aliphatic rings. The molecule has 6 heteroatoms. The Kier molecular flexibility index (Phi) is 4.67. The molecule has 3 aromatic rings. The maximum atomic E-state index is 4.72. The van der Waals surface area contributed by atoms with Crippen LogP contribution < -0.4 is 10.2 Å². The zero-order chi connectivity index (χ0) is 17.9. The number of anilines is 2. The number of likely N-dealkylation sites (N-methyl/N-ethyl adjacent to an activating group) is 1. The van der Waals surface area contributed by atoms with Gasteiger partial charge in [-0.05, 0) is 24.7 Å². The van der Waals surface area contributed by atoms with Crippen molar-refractivity contribution < 1.29 is 0 Å². The van der Waals surface area contributed by atoms with Crippen molar-refractivity contribution in [1.29, 1.82) is 0 Å². The van der Waals surface area contributed by atoms with Crippen LogP contribution in [0.1, 0.15) is 6.92 Å². The monoisotopic (exact) mass is 348 g/mol. The number of hydrogen-bond donors (Lipinski definition) is 1. The smallest absolute Gasteiger partial charge is 0.154 e. The fourth-order valence-electron chi connectivity index (χ4n) is 3.46. The minimum atomic E-state index is 0.755. The van der Waals surface area contributed by atoms with Gasteiger partial charge in [0.05, 0.1) is 11.2 Å². The van der Waals surface area contributed by atoms with E-state index in [2.05, 4.69) is 56.3 Å². The van der Waals surface area contributed by atoms with E-state index >= 15 is 0 Å². The number of rotatable bonds is 4. The summed E-state index contributed by atoms with van der Waals surface area (Å²) in [5.74, 6) is 0.755. The van der Waals surface area contributed by atoms with Gasteiger partial charge in [0.2, 0.25) is 0 Å². The molecule has 26 heavy (non-hydrogen) atoms. The van der Waals surface area contributed by atoms with Gasteiger partial charge in [-0.2, -0.15) is 0 Å². The highest BCUT2D eigenvalue weighted by Crippen LogP contribution is 2.27. The molecule has 1 saturated heterocycles. The SMILES string of the molecule is CCN1CCN(c2ccc(-c3cc4nccnc4c(NC)n3)cc2)CC1. The largest absolute Gasteiger partial charge is 0.371 e. The molecule has 1 aromatic carbocycles. The van der Waals surface area contributed by atoms with Crippen molar-refractivity contribution in [2.45, 2.75) is 6.92 Å². The molecular formula is C20H24N6.